The molecule has 0 amide bonds. The van der Waals surface area contributed by atoms with Crippen LogP contribution in [0.2, 0.25) is 0 Å². The van der Waals surface area contributed by atoms with Crippen LogP contribution in [0.4, 0.5) is 11.6 Å². The van der Waals surface area contributed by atoms with E-state index in [0.717, 1.165) is 50.7 Å². The number of aliphatic hydroxyl groups excluding tert-OH is 1. The highest BCUT2D eigenvalue weighted by Gasteiger charge is 2.20. The summed E-state index contributed by atoms with van der Waals surface area (Å²) in [6.45, 7) is 3.52. The summed E-state index contributed by atoms with van der Waals surface area (Å²) in [6, 6.07) is 1.96. The number of aromatic nitrogens is 5. The molecule has 1 aliphatic rings. The van der Waals surface area contributed by atoms with Gasteiger partial charge in [-0.15, -0.1) is 5.10 Å². The van der Waals surface area contributed by atoms with E-state index in [-0.39, 0.29) is 6.61 Å². The van der Waals surface area contributed by atoms with E-state index in [0.29, 0.717) is 5.92 Å². The van der Waals surface area contributed by atoms with Crippen LogP contribution in [0.15, 0.2) is 24.8 Å². The molecule has 0 aromatic carbocycles. The fraction of sp³-hybridized carbons (Fsp3) is 0.571. The Labute approximate surface area is 129 Å². The highest BCUT2D eigenvalue weighted by atomic mass is 16.3. The SMILES string of the molecule is OCC1CCCN(c2cc(NCCn3ccnn3)ncn2)C1. The molecule has 0 aliphatic carbocycles. The number of aliphatic hydroxyl groups is 1. The first-order valence-corrected chi connectivity index (χ1v) is 7.61. The van der Waals surface area contributed by atoms with Crippen LogP contribution >= 0.6 is 0 Å². The number of hydrogen-bond donors (Lipinski definition) is 2. The summed E-state index contributed by atoms with van der Waals surface area (Å²) in [7, 11) is 0. The molecule has 3 rings (SSSR count). The van der Waals surface area contributed by atoms with Crippen molar-refractivity contribution in [1.29, 1.82) is 0 Å². The highest BCUT2D eigenvalue weighted by Crippen LogP contribution is 2.22. The number of piperidine rings is 1. The first-order valence-electron chi connectivity index (χ1n) is 7.61. The molecule has 2 aromatic rings. The van der Waals surface area contributed by atoms with Crippen LogP contribution in [0.3, 0.4) is 0 Å². The second-order valence-electron chi connectivity index (χ2n) is 5.49. The third-order valence-corrected chi connectivity index (χ3v) is 3.87. The Morgan fingerprint density at radius 1 is 1.36 bits per heavy atom. The van der Waals surface area contributed by atoms with Gasteiger partial charge in [-0.05, 0) is 18.8 Å². The van der Waals surface area contributed by atoms with Crippen molar-refractivity contribution < 1.29 is 5.11 Å². The Kier molecular flexibility index (Phi) is 4.79. The van der Waals surface area contributed by atoms with Crippen molar-refractivity contribution in [2.24, 2.45) is 5.92 Å². The largest absolute Gasteiger partial charge is 0.396 e. The van der Waals surface area contributed by atoms with Crippen LogP contribution in [0.5, 0.6) is 0 Å². The van der Waals surface area contributed by atoms with E-state index >= 15 is 0 Å². The summed E-state index contributed by atoms with van der Waals surface area (Å²) >= 11 is 0. The van der Waals surface area contributed by atoms with Crippen molar-refractivity contribution in [1.82, 2.24) is 25.0 Å². The first kappa shape index (κ1) is 14.7. The topological polar surface area (TPSA) is 92.0 Å². The second kappa shape index (κ2) is 7.17. The molecule has 118 valence electrons. The molecule has 8 nitrogen and oxygen atoms in total. The van der Waals surface area contributed by atoms with E-state index < -0.39 is 0 Å². The van der Waals surface area contributed by atoms with E-state index in [1.807, 2.05) is 12.3 Å². The van der Waals surface area contributed by atoms with E-state index in [1.54, 1.807) is 17.2 Å². The van der Waals surface area contributed by atoms with Crippen LogP contribution in [0, 0.1) is 5.92 Å². The molecule has 1 fully saturated rings. The second-order valence-corrected chi connectivity index (χ2v) is 5.49. The Hall–Kier alpha value is -2.22. The third kappa shape index (κ3) is 3.70. The number of nitrogens with zero attached hydrogens (tertiary/aromatic N) is 6. The zero-order valence-corrected chi connectivity index (χ0v) is 12.5. The van der Waals surface area contributed by atoms with E-state index in [1.165, 1.54) is 0 Å². The maximum atomic E-state index is 9.33. The zero-order valence-electron chi connectivity index (χ0n) is 12.5. The minimum atomic E-state index is 0.241. The van der Waals surface area contributed by atoms with Crippen LogP contribution in [-0.2, 0) is 6.54 Å². The molecule has 0 saturated carbocycles. The highest BCUT2D eigenvalue weighted by molar-refractivity contribution is 5.48. The zero-order chi connectivity index (χ0) is 15.2. The maximum Gasteiger partial charge on any atom is 0.134 e. The van der Waals surface area contributed by atoms with Crippen LogP contribution in [0.1, 0.15) is 12.8 Å². The van der Waals surface area contributed by atoms with Crippen molar-refractivity contribution in [2.45, 2.75) is 19.4 Å². The summed E-state index contributed by atoms with van der Waals surface area (Å²) in [4.78, 5) is 10.8. The summed E-state index contributed by atoms with van der Waals surface area (Å²) in [5.74, 6) is 2.06. The van der Waals surface area contributed by atoms with Gasteiger partial charge in [0, 0.05) is 38.5 Å². The molecule has 0 bridgehead atoms. The van der Waals surface area contributed by atoms with Gasteiger partial charge in [-0.3, -0.25) is 4.68 Å². The molecule has 1 unspecified atom stereocenters. The summed E-state index contributed by atoms with van der Waals surface area (Å²) in [5.41, 5.74) is 0. The molecule has 2 aromatic heterocycles. The standard InChI is InChI=1S/C14H21N7O/c22-10-12-2-1-5-20(9-12)14-8-13(16-11-17-14)15-3-6-21-7-4-18-19-21/h4,7-8,11-12,22H,1-3,5-6,9-10H2,(H,15,16,17). The lowest BCUT2D eigenvalue weighted by Gasteiger charge is -2.32. The Morgan fingerprint density at radius 3 is 3.14 bits per heavy atom. The van der Waals surface area contributed by atoms with Gasteiger partial charge in [0.05, 0.1) is 12.7 Å². The van der Waals surface area contributed by atoms with Crippen molar-refractivity contribution in [3.05, 3.63) is 24.8 Å². The van der Waals surface area contributed by atoms with E-state index in [4.69, 9.17) is 0 Å². The van der Waals surface area contributed by atoms with Gasteiger partial charge in [-0.1, -0.05) is 5.21 Å². The van der Waals surface area contributed by atoms with Gasteiger partial charge in [0.2, 0.25) is 0 Å². The molecular formula is C14H21N7O. The van der Waals surface area contributed by atoms with Gasteiger partial charge in [0.25, 0.3) is 0 Å². The number of rotatable bonds is 6. The average molecular weight is 303 g/mol. The quantitative estimate of drug-likeness (QED) is 0.797. The van der Waals surface area contributed by atoms with E-state index in [9.17, 15) is 5.11 Å². The monoisotopic (exact) mass is 303 g/mol. The minimum Gasteiger partial charge on any atom is -0.396 e. The number of anilines is 2. The molecule has 1 saturated heterocycles. The molecule has 0 spiro atoms. The fourth-order valence-electron chi connectivity index (χ4n) is 2.69. The lowest BCUT2D eigenvalue weighted by molar-refractivity contribution is 0.208. The van der Waals surface area contributed by atoms with Gasteiger partial charge >= 0.3 is 0 Å². The minimum absolute atomic E-state index is 0.241. The van der Waals surface area contributed by atoms with Crippen LogP contribution in [-0.4, -0.2) is 56.3 Å². The molecular weight excluding hydrogens is 282 g/mol. The van der Waals surface area contributed by atoms with Gasteiger partial charge in [-0.2, -0.15) is 0 Å². The van der Waals surface area contributed by atoms with Gasteiger partial charge in [-0.25, -0.2) is 9.97 Å². The van der Waals surface area contributed by atoms with Crippen LogP contribution in [0.25, 0.3) is 0 Å². The molecule has 1 aliphatic heterocycles. The summed E-state index contributed by atoms with van der Waals surface area (Å²) < 4.78 is 1.77. The number of nitrogens with one attached hydrogen (secondary N) is 1. The van der Waals surface area contributed by atoms with Crippen LogP contribution < -0.4 is 10.2 Å². The lowest BCUT2D eigenvalue weighted by Crippen LogP contribution is -2.37. The van der Waals surface area contributed by atoms with Crippen molar-refractivity contribution in [2.75, 3.05) is 36.5 Å². The molecule has 2 N–H and O–H groups in total. The smallest absolute Gasteiger partial charge is 0.134 e. The molecule has 0 radical (unpaired) electrons. The Morgan fingerprint density at radius 2 is 2.32 bits per heavy atom. The predicted octanol–water partition coefficient (Wildman–Crippen LogP) is 0.389. The lowest BCUT2D eigenvalue weighted by atomic mass is 9.99. The molecule has 1 atom stereocenters. The maximum absolute atomic E-state index is 9.33. The van der Waals surface area contributed by atoms with Gasteiger partial charge < -0.3 is 15.3 Å². The average Bonchev–Trinajstić information content (AvgIpc) is 3.09. The molecule has 3 heterocycles. The summed E-state index contributed by atoms with van der Waals surface area (Å²) in [5, 5.41) is 20.3. The Bertz CT molecular complexity index is 574. The normalized spacial score (nSPS) is 18.4. The molecule has 22 heavy (non-hydrogen) atoms. The third-order valence-electron chi connectivity index (χ3n) is 3.87. The van der Waals surface area contributed by atoms with Gasteiger partial charge in [0.1, 0.15) is 18.0 Å². The Balaban J connectivity index is 1.57. The molecule has 8 heteroatoms. The first-order chi connectivity index (χ1) is 10.8. The van der Waals surface area contributed by atoms with Gasteiger partial charge in [0.15, 0.2) is 0 Å². The van der Waals surface area contributed by atoms with E-state index in [2.05, 4.69) is 30.5 Å². The number of hydrogen-bond acceptors (Lipinski definition) is 7. The van der Waals surface area contributed by atoms with Crippen molar-refractivity contribution in [3.63, 3.8) is 0 Å². The summed E-state index contributed by atoms with van der Waals surface area (Å²) in [6.07, 6.45) is 7.24. The fourth-order valence-corrected chi connectivity index (χ4v) is 2.69. The van der Waals surface area contributed by atoms with Crippen molar-refractivity contribution >= 4 is 11.6 Å². The predicted molar refractivity (Wildman–Crippen MR) is 82.6 cm³/mol. The van der Waals surface area contributed by atoms with Crippen molar-refractivity contribution in [3.8, 4) is 0 Å².